The lowest BCUT2D eigenvalue weighted by atomic mass is 10.1. The average Bonchev–Trinajstić information content (AvgIpc) is 4.16. The van der Waals surface area contributed by atoms with Crippen LogP contribution in [0.4, 0.5) is 29.0 Å². The van der Waals surface area contributed by atoms with Gasteiger partial charge in [-0.2, -0.15) is 5.26 Å². The first-order valence-electron chi connectivity index (χ1n) is 21.7. The van der Waals surface area contributed by atoms with Crippen molar-refractivity contribution in [1.29, 1.82) is 5.26 Å². The lowest BCUT2D eigenvalue weighted by Crippen LogP contribution is -2.36. The van der Waals surface area contributed by atoms with Gasteiger partial charge in [0.2, 0.25) is 11.9 Å². The van der Waals surface area contributed by atoms with E-state index in [1.165, 1.54) is 45.5 Å². The van der Waals surface area contributed by atoms with E-state index in [1.807, 2.05) is 67.0 Å². The largest absolute Gasteiger partial charge is 0.465 e. The fourth-order valence-electron chi connectivity index (χ4n) is 8.59. The summed E-state index contributed by atoms with van der Waals surface area (Å²) in [6.45, 7) is 3.93. The average molecular weight is 847 g/mol. The van der Waals surface area contributed by atoms with Crippen LogP contribution < -0.4 is 20.4 Å². The third-order valence-electron chi connectivity index (χ3n) is 12.3. The predicted octanol–water partition coefficient (Wildman–Crippen LogP) is 6.61. The van der Waals surface area contributed by atoms with E-state index >= 15 is 0 Å². The number of nitrogens with zero attached hydrogens (tertiary/aromatic N) is 8. The molecule has 15 nitrogen and oxygen atoms in total. The highest BCUT2D eigenvalue weighted by Gasteiger charge is 2.30. The number of anilines is 5. The number of nitriles is 1. The van der Waals surface area contributed by atoms with Gasteiger partial charge < -0.3 is 34.8 Å². The van der Waals surface area contributed by atoms with Gasteiger partial charge in [-0.25, -0.2) is 29.5 Å². The SMILES string of the molecule is COC(=O)c1ccc2c(c1)CCN2.COC(=O)c1ccc2c(c1)CCN2c1nccc(C2CC2)n1.N#CN1CC[C@@H](NC(=O)c2ccc3c(c2)CCN3c2nccc(C3CC3)n2)C1. The number of benzene rings is 3. The standard InChI is InChI=1S/C21H22N6O.C17H17N3O2.C10H11NO2/c22-13-26-9-7-17(12-26)24-20(28)16-3-4-19-15(11-16)6-10-27(19)21-23-8-5-18(25-21)14-1-2-14;1-22-16(21)13-4-5-15-12(10-13)7-9-20(15)17-18-8-6-14(19-17)11-2-3-11;1-13-10(12)8-2-3-9-7(6-8)4-5-11-9/h3-5,8,11,14,17H,1-2,6-7,9-10,12H2,(H,24,28);4-6,8,10-11H,2-3,7,9H2,1H3;2-3,6,11H,4-5H2,1H3/t17-;;/m1../s1. The highest BCUT2D eigenvalue weighted by molar-refractivity contribution is 5.95. The minimum atomic E-state index is -0.298. The highest BCUT2D eigenvalue weighted by Crippen LogP contribution is 2.41. The predicted molar refractivity (Wildman–Crippen MR) is 237 cm³/mol. The van der Waals surface area contributed by atoms with Crippen LogP contribution in [0.25, 0.3) is 0 Å². The summed E-state index contributed by atoms with van der Waals surface area (Å²) in [6.07, 6.45) is 14.3. The second-order valence-electron chi connectivity index (χ2n) is 16.6. The van der Waals surface area contributed by atoms with Gasteiger partial charge in [0.15, 0.2) is 6.19 Å². The maximum atomic E-state index is 12.6. The molecule has 11 rings (SSSR count). The summed E-state index contributed by atoms with van der Waals surface area (Å²) in [5.74, 6) is 2.09. The number of carbonyl (C=O) groups is 3. The first kappa shape index (κ1) is 41.3. The van der Waals surface area contributed by atoms with Gasteiger partial charge in [0.1, 0.15) is 0 Å². The normalized spacial score (nSPS) is 17.7. The fraction of sp³-hybridized carbons (Fsp3) is 0.375. The molecule has 2 aliphatic carbocycles. The maximum absolute atomic E-state index is 12.6. The molecular weight excluding hydrogens is 797 g/mol. The number of methoxy groups -OCH3 is 2. The molecule has 1 saturated heterocycles. The van der Waals surface area contributed by atoms with E-state index < -0.39 is 0 Å². The lowest BCUT2D eigenvalue weighted by Gasteiger charge is -2.18. The Morgan fingerprint density at radius 1 is 0.683 bits per heavy atom. The molecule has 1 amide bonds. The topological polar surface area (TPSA) is 179 Å². The number of rotatable bonds is 8. The quantitative estimate of drug-likeness (QED) is 0.126. The number of nitrogens with one attached hydrogen (secondary N) is 2. The Morgan fingerprint density at radius 3 is 1.76 bits per heavy atom. The van der Waals surface area contributed by atoms with Crippen LogP contribution in [-0.4, -0.2) is 95.7 Å². The molecule has 322 valence electrons. The molecule has 1 atom stereocenters. The minimum absolute atomic E-state index is 0.0375. The number of esters is 2. The first-order chi connectivity index (χ1) is 30.8. The van der Waals surface area contributed by atoms with Crippen LogP contribution in [0.2, 0.25) is 0 Å². The number of hydrogen-bond acceptors (Lipinski definition) is 14. The molecule has 3 fully saturated rings. The Balaban J connectivity index is 0.000000128. The zero-order valence-electron chi connectivity index (χ0n) is 35.5. The van der Waals surface area contributed by atoms with Crippen LogP contribution in [0.3, 0.4) is 0 Å². The molecule has 2 N–H and O–H groups in total. The first-order valence-corrected chi connectivity index (χ1v) is 21.7. The van der Waals surface area contributed by atoms with Crippen molar-refractivity contribution >= 4 is 46.8 Å². The molecule has 3 aromatic carbocycles. The van der Waals surface area contributed by atoms with Crippen molar-refractivity contribution in [3.63, 3.8) is 0 Å². The van der Waals surface area contributed by atoms with E-state index in [4.69, 9.17) is 20.0 Å². The molecule has 15 heteroatoms. The smallest absolute Gasteiger partial charge is 0.337 e. The summed E-state index contributed by atoms with van der Waals surface area (Å²) in [4.78, 5) is 59.8. The summed E-state index contributed by atoms with van der Waals surface area (Å²) in [7, 11) is 2.80. The zero-order chi connectivity index (χ0) is 43.5. The number of amides is 1. The van der Waals surface area contributed by atoms with Crippen molar-refractivity contribution in [3.05, 3.63) is 124 Å². The van der Waals surface area contributed by atoms with Crippen molar-refractivity contribution in [3.8, 4) is 6.19 Å². The van der Waals surface area contributed by atoms with Crippen LogP contribution in [0.15, 0.2) is 79.1 Å². The van der Waals surface area contributed by atoms with Crippen LogP contribution in [0, 0.1) is 11.5 Å². The second-order valence-corrected chi connectivity index (χ2v) is 16.6. The van der Waals surface area contributed by atoms with Gasteiger partial charge in [0.05, 0.1) is 25.3 Å². The molecular formula is C48H50N10O5. The molecule has 63 heavy (non-hydrogen) atoms. The number of ether oxygens (including phenoxy) is 2. The molecule has 5 aromatic rings. The van der Waals surface area contributed by atoms with Gasteiger partial charge >= 0.3 is 11.9 Å². The van der Waals surface area contributed by atoms with E-state index in [0.717, 1.165) is 96.8 Å². The maximum Gasteiger partial charge on any atom is 0.337 e. The number of carbonyl (C=O) groups excluding carboxylic acids is 3. The van der Waals surface area contributed by atoms with Crippen LogP contribution in [0.5, 0.6) is 0 Å². The van der Waals surface area contributed by atoms with Crippen LogP contribution in [-0.2, 0) is 28.7 Å². The van der Waals surface area contributed by atoms with E-state index in [0.29, 0.717) is 41.6 Å². The zero-order valence-corrected chi connectivity index (χ0v) is 35.5. The molecule has 4 aliphatic heterocycles. The van der Waals surface area contributed by atoms with Crippen LogP contribution in [0.1, 0.15) is 103 Å². The Kier molecular flexibility index (Phi) is 11.9. The van der Waals surface area contributed by atoms with E-state index in [-0.39, 0.29) is 23.9 Å². The lowest BCUT2D eigenvalue weighted by molar-refractivity contribution is 0.0592. The molecule has 0 unspecified atom stereocenters. The second kappa shape index (κ2) is 18.1. The Labute approximate surface area is 366 Å². The van der Waals surface area contributed by atoms with Crippen molar-refractivity contribution in [1.82, 2.24) is 30.2 Å². The Bertz CT molecular complexity index is 2590. The Hall–Kier alpha value is -7.08. The number of fused-ring (bicyclic) bond motifs is 3. The number of aromatic nitrogens is 4. The fourth-order valence-corrected chi connectivity index (χ4v) is 8.59. The molecule has 6 heterocycles. The molecule has 6 aliphatic rings. The van der Waals surface area contributed by atoms with Gasteiger partial charge in [0, 0.05) is 97.0 Å². The van der Waals surface area contributed by atoms with Crippen molar-refractivity contribution in [2.45, 2.75) is 69.2 Å². The summed E-state index contributed by atoms with van der Waals surface area (Å²) >= 11 is 0. The Morgan fingerprint density at radius 2 is 1.22 bits per heavy atom. The summed E-state index contributed by atoms with van der Waals surface area (Å²) < 4.78 is 9.42. The van der Waals surface area contributed by atoms with Crippen molar-refractivity contribution in [2.24, 2.45) is 0 Å². The molecule has 2 aromatic heterocycles. The van der Waals surface area contributed by atoms with Crippen molar-refractivity contribution < 1.29 is 23.9 Å². The molecule has 0 bridgehead atoms. The highest BCUT2D eigenvalue weighted by atomic mass is 16.5. The van der Waals surface area contributed by atoms with Gasteiger partial charge in [-0.05, 0) is 135 Å². The van der Waals surface area contributed by atoms with Crippen LogP contribution >= 0.6 is 0 Å². The minimum Gasteiger partial charge on any atom is -0.465 e. The molecule has 0 radical (unpaired) electrons. The van der Waals surface area contributed by atoms with E-state index in [9.17, 15) is 14.4 Å². The summed E-state index contributed by atoms with van der Waals surface area (Å²) in [6, 6.07) is 21.2. The molecule has 0 spiro atoms. The number of hydrogen-bond donors (Lipinski definition) is 2. The van der Waals surface area contributed by atoms with Gasteiger partial charge in [-0.3, -0.25) is 4.79 Å². The monoisotopic (exact) mass is 846 g/mol. The van der Waals surface area contributed by atoms with E-state index in [1.54, 1.807) is 17.0 Å². The molecule has 2 saturated carbocycles. The summed E-state index contributed by atoms with van der Waals surface area (Å²) in [5, 5.41) is 15.2. The number of likely N-dealkylation sites (tertiary alicyclic amines) is 1. The van der Waals surface area contributed by atoms with E-state index in [2.05, 4.69) is 41.3 Å². The van der Waals surface area contributed by atoms with Gasteiger partial charge in [-0.1, -0.05) is 0 Å². The van der Waals surface area contributed by atoms with Gasteiger partial charge in [0.25, 0.3) is 5.91 Å². The summed E-state index contributed by atoms with van der Waals surface area (Å²) in [5.41, 5.74) is 11.0. The third-order valence-corrected chi connectivity index (χ3v) is 12.3. The third kappa shape index (κ3) is 9.25. The van der Waals surface area contributed by atoms with Gasteiger partial charge in [-0.15, -0.1) is 0 Å². The van der Waals surface area contributed by atoms with Crippen molar-refractivity contribution in [2.75, 3.05) is 62.1 Å².